The molecule has 3 amide bonds. The first kappa shape index (κ1) is 31.7. The number of rotatable bonds is 8. The summed E-state index contributed by atoms with van der Waals surface area (Å²) in [4.78, 5) is 42.6. The Balaban J connectivity index is 2.64. The van der Waals surface area contributed by atoms with E-state index in [1.165, 1.54) is 11.0 Å². The first-order valence-electron chi connectivity index (χ1n) is 13.4. The van der Waals surface area contributed by atoms with Crippen LogP contribution in [-0.4, -0.2) is 45.1 Å². The summed E-state index contributed by atoms with van der Waals surface area (Å²) in [7, 11) is 0. The van der Waals surface area contributed by atoms with Crippen molar-refractivity contribution < 1.29 is 24.2 Å². The van der Waals surface area contributed by atoms with E-state index in [2.05, 4.69) is 10.6 Å². The summed E-state index contributed by atoms with van der Waals surface area (Å²) in [5.41, 5.74) is 1.08. The number of ether oxygens (including phenoxy) is 1. The number of hydrogen-bond donors (Lipinski definition) is 3. The lowest BCUT2D eigenvalue weighted by Crippen LogP contribution is -2.58. The van der Waals surface area contributed by atoms with E-state index in [1.54, 1.807) is 45.9 Å². The number of anilines is 1. The van der Waals surface area contributed by atoms with Crippen LogP contribution in [0, 0.1) is 19.8 Å². The summed E-state index contributed by atoms with van der Waals surface area (Å²) in [6.45, 7) is 18.4. The SMILES string of the molecule is Cc1cc(C(C(=O)Nc2ccccc2C)N(C(=O)C(CC(C)C)NC(=O)OC(C)(C)C)C(C)(C)C)ccc1O. The molecule has 0 aliphatic carbocycles. The second-order valence-corrected chi connectivity index (χ2v) is 12.5. The van der Waals surface area contributed by atoms with Crippen molar-refractivity contribution in [3.63, 3.8) is 0 Å². The van der Waals surface area contributed by atoms with Gasteiger partial charge in [-0.05, 0) is 103 Å². The largest absolute Gasteiger partial charge is 0.508 e. The fourth-order valence-electron chi connectivity index (χ4n) is 4.34. The Morgan fingerprint density at radius 2 is 1.56 bits per heavy atom. The summed E-state index contributed by atoms with van der Waals surface area (Å²) in [5, 5.41) is 15.9. The van der Waals surface area contributed by atoms with E-state index in [4.69, 9.17) is 4.74 Å². The highest BCUT2D eigenvalue weighted by Crippen LogP contribution is 2.34. The molecule has 2 aromatic rings. The predicted octanol–water partition coefficient (Wildman–Crippen LogP) is 6.26. The number of alkyl carbamates (subject to hydrolysis) is 1. The highest BCUT2D eigenvalue weighted by molar-refractivity contribution is 5.99. The Kier molecular flexibility index (Phi) is 10.2. The Labute approximate surface area is 233 Å². The minimum absolute atomic E-state index is 0.0749. The van der Waals surface area contributed by atoms with Gasteiger partial charge in [-0.2, -0.15) is 0 Å². The predicted molar refractivity (Wildman–Crippen MR) is 155 cm³/mol. The monoisotopic (exact) mass is 539 g/mol. The zero-order valence-electron chi connectivity index (χ0n) is 25.0. The van der Waals surface area contributed by atoms with Crippen LogP contribution >= 0.6 is 0 Å². The van der Waals surface area contributed by atoms with Gasteiger partial charge in [0.05, 0.1) is 0 Å². The van der Waals surface area contributed by atoms with Crippen molar-refractivity contribution >= 4 is 23.6 Å². The van der Waals surface area contributed by atoms with Gasteiger partial charge in [-0.3, -0.25) is 9.59 Å². The molecule has 2 atom stereocenters. The summed E-state index contributed by atoms with van der Waals surface area (Å²) in [6, 6.07) is 10.3. The number of aryl methyl sites for hydroxylation is 2. The third-order valence-corrected chi connectivity index (χ3v) is 6.10. The second-order valence-electron chi connectivity index (χ2n) is 12.5. The van der Waals surface area contributed by atoms with Crippen molar-refractivity contribution in [3.05, 3.63) is 59.2 Å². The quantitative estimate of drug-likeness (QED) is 0.367. The third-order valence-electron chi connectivity index (χ3n) is 6.10. The van der Waals surface area contributed by atoms with Gasteiger partial charge in [-0.25, -0.2) is 4.79 Å². The summed E-state index contributed by atoms with van der Waals surface area (Å²) < 4.78 is 5.45. The van der Waals surface area contributed by atoms with E-state index in [0.717, 1.165) is 5.56 Å². The van der Waals surface area contributed by atoms with Gasteiger partial charge >= 0.3 is 6.09 Å². The van der Waals surface area contributed by atoms with E-state index in [9.17, 15) is 19.5 Å². The van der Waals surface area contributed by atoms with E-state index in [0.29, 0.717) is 23.2 Å². The van der Waals surface area contributed by atoms with Crippen molar-refractivity contribution in [2.24, 2.45) is 5.92 Å². The van der Waals surface area contributed by atoms with Crippen LogP contribution in [0.5, 0.6) is 5.75 Å². The number of nitrogens with one attached hydrogen (secondary N) is 2. The van der Waals surface area contributed by atoms with Crippen LogP contribution in [0.3, 0.4) is 0 Å². The Morgan fingerprint density at radius 1 is 0.949 bits per heavy atom. The highest BCUT2D eigenvalue weighted by Gasteiger charge is 2.42. The zero-order chi connectivity index (χ0) is 29.7. The number of carbonyl (C=O) groups excluding carboxylic acids is 3. The maximum Gasteiger partial charge on any atom is 0.408 e. The van der Waals surface area contributed by atoms with Crippen molar-refractivity contribution in [2.45, 2.75) is 98.9 Å². The van der Waals surface area contributed by atoms with Crippen LogP contribution in [0.1, 0.15) is 84.5 Å². The van der Waals surface area contributed by atoms with Crippen LogP contribution in [0.25, 0.3) is 0 Å². The molecule has 0 aliphatic rings. The fourth-order valence-corrected chi connectivity index (χ4v) is 4.34. The van der Waals surface area contributed by atoms with Gasteiger partial charge in [0.25, 0.3) is 5.91 Å². The molecule has 8 heteroatoms. The van der Waals surface area contributed by atoms with Crippen LogP contribution in [-0.2, 0) is 14.3 Å². The van der Waals surface area contributed by atoms with Gasteiger partial charge in [0.2, 0.25) is 5.91 Å². The summed E-state index contributed by atoms with van der Waals surface area (Å²) >= 11 is 0. The minimum atomic E-state index is -1.05. The molecular weight excluding hydrogens is 494 g/mol. The number of phenols is 1. The molecule has 2 unspecified atom stereocenters. The molecule has 214 valence electrons. The number of hydrogen-bond acceptors (Lipinski definition) is 5. The van der Waals surface area contributed by atoms with E-state index in [-0.39, 0.29) is 11.7 Å². The number of amides is 3. The lowest BCUT2D eigenvalue weighted by atomic mass is 9.92. The lowest BCUT2D eigenvalue weighted by Gasteiger charge is -2.43. The smallest absolute Gasteiger partial charge is 0.408 e. The average Bonchev–Trinajstić information content (AvgIpc) is 2.77. The van der Waals surface area contributed by atoms with Gasteiger partial charge < -0.3 is 25.4 Å². The van der Waals surface area contributed by atoms with Gasteiger partial charge in [0, 0.05) is 11.2 Å². The topological polar surface area (TPSA) is 108 Å². The molecule has 0 spiro atoms. The fraction of sp³-hybridized carbons (Fsp3) is 0.516. The number of aromatic hydroxyl groups is 1. The summed E-state index contributed by atoms with van der Waals surface area (Å²) in [6.07, 6.45) is -0.345. The number of phenolic OH excluding ortho intramolecular Hbond substituents is 1. The minimum Gasteiger partial charge on any atom is -0.508 e. The Hall–Kier alpha value is -3.55. The van der Waals surface area contributed by atoms with Gasteiger partial charge in [-0.1, -0.05) is 38.1 Å². The van der Waals surface area contributed by atoms with Gasteiger partial charge in [-0.15, -0.1) is 0 Å². The van der Waals surface area contributed by atoms with Crippen molar-refractivity contribution in [3.8, 4) is 5.75 Å². The highest BCUT2D eigenvalue weighted by atomic mass is 16.6. The molecule has 8 nitrogen and oxygen atoms in total. The molecule has 2 aromatic carbocycles. The van der Waals surface area contributed by atoms with Crippen LogP contribution < -0.4 is 10.6 Å². The molecule has 0 aromatic heterocycles. The van der Waals surface area contributed by atoms with E-state index < -0.39 is 41.1 Å². The molecule has 0 saturated heterocycles. The molecule has 3 N–H and O–H groups in total. The number of para-hydroxylation sites is 1. The van der Waals surface area contributed by atoms with Crippen molar-refractivity contribution in [1.82, 2.24) is 10.2 Å². The van der Waals surface area contributed by atoms with Crippen molar-refractivity contribution in [2.75, 3.05) is 5.32 Å². The molecule has 39 heavy (non-hydrogen) atoms. The molecule has 0 saturated carbocycles. The lowest BCUT2D eigenvalue weighted by molar-refractivity contribution is -0.147. The van der Waals surface area contributed by atoms with Crippen LogP contribution in [0.4, 0.5) is 10.5 Å². The number of nitrogens with zero attached hydrogens (tertiary/aromatic N) is 1. The molecule has 2 rings (SSSR count). The molecule has 0 fully saturated rings. The van der Waals surface area contributed by atoms with Gasteiger partial charge in [0.15, 0.2) is 0 Å². The molecule has 0 heterocycles. The molecular formula is C31H45N3O5. The average molecular weight is 540 g/mol. The van der Waals surface area contributed by atoms with E-state index in [1.807, 2.05) is 59.7 Å². The zero-order valence-corrected chi connectivity index (χ0v) is 25.0. The molecule has 0 aliphatic heterocycles. The first-order valence-corrected chi connectivity index (χ1v) is 13.4. The van der Waals surface area contributed by atoms with Crippen molar-refractivity contribution in [1.29, 1.82) is 0 Å². The van der Waals surface area contributed by atoms with E-state index >= 15 is 0 Å². The number of carbonyl (C=O) groups is 3. The maximum absolute atomic E-state index is 14.3. The van der Waals surface area contributed by atoms with Gasteiger partial charge in [0.1, 0.15) is 23.4 Å². The maximum atomic E-state index is 14.3. The normalized spacial score (nSPS) is 13.4. The van der Waals surface area contributed by atoms with Crippen LogP contribution in [0.2, 0.25) is 0 Å². The molecule has 0 radical (unpaired) electrons. The Morgan fingerprint density at radius 3 is 2.08 bits per heavy atom. The second kappa shape index (κ2) is 12.5. The third kappa shape index (κ3) is 9.01. The summed E-state index contributed by atoms with van der Waals surface area (Å²) in [5.74, 6) is -0.642. The number of benzene rings is 2. The first-order chi connectivity index (χ1) is 17.9. The standard InChI is InChI=1S/C31H45N3O5/c1-19(2)17-24(33-29(38)39-31(8,9)10)28(37)34(30(5,6)7)26(22-15-16-25(35)21(4)18-22)27(36)32-23-14-12-11-13-20(23)3/h11-16,18-19,24,26,35H,17H2,1-10H3,(H,32,36)(H,33,38). The Bertz CT molecular complexity index is 1180. The molecule has 0 bridgehead atoms. The van der Waals surface area contributed by atoms with Crippen LogP contribution in [0.15, 0.2) is 42.5 Å².